The number of thioether (sulfide) groups is 1. The average Bonchev–Trinajstić information content (AvgIpc) is 2.28. The van der Waals surface area contributed by atoms with Gasteiger partial charge in [-0.05, 0) is 19.1 Å². The predicted molar refractivity (Wildman–Crippen MR) is 59.6 cm³/mol. The van der Waals surface area contributed by atoms with Gasteiger partial charge in [-0.2, -0.15) is 5.26 Å². The fourth-order valence-electron chi connectivity index (χ4n) is 1.08. The van der Waals surface area contributed by atoms with Crippen molar-refractivity contribution in [1.29, 1.82) is 5.26 Å². The number of Topliss-reactive ketones (excluding diaryl/α,β-unsaturated/α-hetero) is 1. The van der Waals surface area contributed by atoms with E-state index in [0.717, 1.165) is 5.03 Å². The van der Waals surface area contributed by atoms with E-state index in [-0.39, 0.29) is 11.0 Å². The molecular weight excluding hydrogens is 208 g/mol. The number of nitrogens with zero attached hydrogens (tertiary/aromatic N) is 2. The van der Waals surface area contributed by atoms with Crippen LogP contribution < -0.4 is 0 Å². The van der Waals surface area contributed by atoms with E-state index in [0.29, 0.717) is 12.0 Å². The van der Waals surface area contributed by atoms with E-state index >= 15 is 0 Å². The fraction of sp³-hybridized carbons (Fsp3) is 0.364. The van der Waals surface area contributed by atoms with Crippen LogP contribution in [0.1, 0.15) is 25.8 Å². The molecule has 0 radical (unpaired) electrons. The molecular formula is C11H12N2OS. The second kappa shape index (κ2) is 5.52. The maximum Gasteiger partial charge on any atom is 0.145 e. The molecule has 1 heterocycles. The van der Waals surface area contributed by atoms with Crippen LogP contribution in [0.4, 0.5) is 0 Å². The third-order valence-corrected chi connectivity index (χ3v) is 3.04. The molecule has 78 valence electrons. The Morgan fingerprint density at radius 1 is 1.73 bits per heavy atom. The molecule has 1 aromatic heterocycles. The summed E-state index contributed by atoms with van der Waals surface area (Å²) in [5.74, 6) is 0.198. The van der Waals surface area contributed by atoms with Crippen LogP contribution in [0.15, 0.2) is 23.4 Å². The highest BCUT2D eigenvalue weighted by atomic mass is 32.2. The van der Waals surface area contributed by atoms with Crippen molar-refractivity contribution in [3.8, 4) is 6.07 Å². The molecule has 1 rings (SSSR count). The van der Waals surface area contributed by atoms with Crippen LogP contribution in [0.3, 0.4) is 0 Å². The van der Waals surface area contributed by atoms with Crippen molar-refractivity contribution in [2.45, 2.75) is 30.5 Å². The first-order chi connectivity index (χ1) is 7.17. The molecule has 0 fully saturated rings. The zero-order valence-corrected chi connectivity index (χ0v) is 9.54. The lowest BCUT2D eigenvalue weighted by Gasteiger charge is -2.07. The Balaban J connectivity index is 2.73. The van der Waals surface area contributed by atoms with E-state index in [2.05, 4.69) is 4.98 Å². The minimum atomic E-state index is -0.101. The van der Waals surface area contributed by atoms with E-state index in [4.69, 9.17) is 5.26 Å². The molecule has 0 aliphatic rings. The molecule has 0 N–H and O–H groups in total. The average molecular weight is 220 g/mol. The Labute approximate surface area is 93.5 Å². The number of carbonyl (C=O) groups excluding carboxylic acids is 1. The fourth-order valence-corrected chi connectivity index (χ4v) is 2.05. The second-order valence-corrected chi connectivity index (χ2v) is 4.44. The first-order valence-corrected chi connectivity index (χ1v) is 5.61. The largest absolute Gasteiger partial charge is 0.298 e. The standard InChI is InChI=1S/C11H12N2OS/c1-3-10(14)8(2)15-11-6-9(7-12)4-5-13-11/h4-6,8H,3H2,1-2H3/t8-/m1/s1. The summed E-state index contributed by atoms with van der Waals surface area (Å²) in [7, 11) is 0. The van der Waals surface area contributed by atoms with Crippen LogP contribution in [0, 0.1) is 11.3 Å². The lowest BCUT2D eigenvalue weighted by Crippen LogP contribution is -2.11. The summed E-state index contributed by atoms with van der Waals surface area (Å²) in [5.41, 5.74) is 0.573. The molecule has 0 aliphatic carbocycles. The highest BCUT2D eigenvalue weighted by Crippen LogP contribution is 2.22. The third kappa shape index (κ3) is 3.37. The van der Waals surface area contributed by atoms with Crippen molar-refractivity contribution in [3.63, 3.8) is 0 Å². The summed E-state index contributed by atoms with van der Waals surface area (Å²) in [6, 6.07) is 5.39. The van der Waals surface area contributed by atoms with Gasteiger partial charge >= 0.3 is 0 Å². The summed E-state index contributed by atoms with van der Waals surface area (Å²) in [6.45, 7) is 3.70. The van der Waals surface area contributed by atoms with Crippen molar-refractivity contribution in [1.82, 2.24) is 4.98 Å². The second-order valence-electron chi connectivity index (χ2n) is 3.07. The van der Waals surface area contributed by atoms with Gasteiger partial charge in [0.1, 0.15) is 5.78 Å². The van der Waals surface area contributed by atoms with Crippen LogP contribution in [0.5, 0.6) is 0 Å². The summed E-state index contributed by atoms with van der Waals surface area (Å²) in [4.78, 5) is 15.5. The van der Waals surface area contributed by atoms with Crippen molar-refractivity contribution < 1.29 is 4.79 Å². The van der Waals surface area contributed by atoms with Crippen molar-refractivity contribution in [2.75, 3.05) is 0 Å². The van der Waals surface area contributed by atoms with Gasteiger partial charge in [0.2, 0.25) is 0 Å². The summed E-state index contributed by atoms with van der Waals surface area (Å²) >= 11 is 1.39. The monoisotopic (exact) mass is 220 g/mol. The van der Waals surface area contributed by atoms with Gasteiger partial charge in [0, 0.05) is 12.6 Å². The van der Waals surface area contributed by atoms with Crippen LogP contribution >= 0.6 is 11.8 Å². The number of aromatic nitrogens is 1. The molecule has 3 nitrogen and oxygen atoms in total. The number of hydrogen-bond donors (Lipinski definition) is 0. The highest BCUT2D eigenvalue weighted by Gasteiger charge is 2.12. The molecule has 4 heteroatoms. The van der Waals surface area contributed by atoms with Gasteiger partial charge in [-0.25, -0.2) is 4.98 Å². The first kappa shape index (κ1) is 11.7. The molecule has 0 bridgehead atoms. The van der Waals surface area contributed by atoms with Gasteiger partial charge in [-0.3, -0.25) is 4.79 Å². The van der Waals surface area contributed by atoms with E-state index in [1.807, 2.05) is 19.9 Å². The molecule has 0 amide bonds. The van der Waals surface area contributed by atoms with Crippen molar-refractivity contribution in [3.05, 3.63) is 23.9 Å². The summed E-state index contributed by atoms with van der Waals surface area (Å²) < 4.78 is 0. The van der Waals surface area contributed by atoms with Gasteiger partial charge < -0.3 is 0 Å². The zero-order chi connectivity index (χ0) is 11.3. The third-order valence-electron chi connectivity index (χ3n) is 1.96. The summed E-state index contributed by atoms with van der Waals surface area (Å²) in [5, 5.41) is 9.32. The number of nitriles is 1. The first-order valence-electron chi connectivity index (χ1n) is 4.73. The number of hydrogen-bond acceptors (Lipinski definition) is 4. The Kier molecular flexibility index (Phi) is 4.32. The molecule has 0 aliphatic heterocycles. The molecule has 1 atom stereocenters. The minimum absolute atomic E-state index is 0.101. The van der Waals surface area contributed by atoms with Crippen molar-refractivity contribution >= 4 is 17.5 Å². The predicted octanol–water partition coefficient (Wildman–Crippen LogP) is 2.41. The summed E-state index contributed by atoms with van der Waals surface area (Å²) in [6.07, 6.45) is 2.12. The molecule has 0 unspecified atom stereocenters. The van der Waals surface area contributed by atoms with Crippen LogP contribution in [-0.2, 0) is 4.79 Å². The molecule has 1 aromatic rings. The highest BCUT2D eigenvalue weighted by molar-refractivity contribution is 8.00. The topological polar surface area (TPSA) is 53.8 Å². The SMILES string of the molecule is CCC(=O)[C@@H](C)Sc1cc(C#N)ccn1. The molecule has 0 aromatic carbocycles. The number of carbonyl (C=O) groups is 1. The Bertz CT molecular complexity index is 398. The van der Waals surface area contributed by atoms with Crippen LogP contribution in [-0.4, -0.2) is 16.0 Å². The maximum absolute atomic E-state index is 11.4. The lowest BCUT2D eigenvalue weighted by atomic mass is 10.2. The molecule has 15 heavy (non-hydrogen) atoms. The van der Waals surface area contributed by atoms with Crippen molar-refractivity contribution in [2.24, 2.45) is 0 Å². The van der Waals surface area contributed by atoms with E-state index < -0.39 is 0 Å². The molecule has 0 spiro atoms. The Hall–Kier alpha value is -1.34. The molecule has 0 saturated heterocycles. The number of ketones is 1. The lowest BCUT2D eigenvalue weighted by molar-refractivity contribution is -0.118. The van der Waals surface area contributed by atoms with Gasteiger partial charge in [-0.15, -0.1) is 0 Å². The minimum Gasteiger partial charge on any atom is -0.298 e. The van der Waals surface area contributed by atoms with Crippen LogP contribution in [0.25, 0.3) is 0 Å². The van der Waals surface area contributed by atoms with E-state index in [9.17, 15) is 4.79 Å². The smallest absolute Gasteiger partial charge is 0.145 e. The zero-order valence-electron chi connectivity index (χ0n) is 8.73. The quantitative estimate of drug-likeness (QED) is 0.731. The molecule has 0 saturated carbocycles. The number of rotatable bonds is 4. The maximum atomic E-state index is 11.4. The van der Waals surface area contributed by atoms with Gasteiger partial charge in [0.15, 0.2) is 0 Å². The van der Waals surface area contributed by atoms with Gasteiger partial charge in [-0.1, -0.05) is 18.7 Å². The van der Waals surface area contributed by atoms with E-state index in [1.165, 1.54) is 11.8 Å². The normalized spacial score (nSPS) is 11.8. The van der Waals surface area contributed by atoms with Crippen LogP contribution in [0.2, 0.25) is 0 Å². The Morgan fingerprint density at radius 3 is 3.07 bits per heavy atom. The Morgan fingerprint density at radius 2 is 2.47 bits per heavy atom. The van der Waals surface area contributed by atoms with E-state index in [1.54, 1.807) is 18.3 Å². The number of pyridine rings is 1. The van der Waals surface area contributed by atoms with Gasteiger partial charge in [0.25, 0.3) is 0 Å². The van der Waals surface area contributed by atoms with Gasteiger partial charge in [0.05, 0.1) is 21.9 Å².